The molecule has 0 aliphatic rings. The van der Waals surface area contributed by atoms with Gasteiger partial charge in [0.05, 0.1) is 13.2 Å². The van der Waals surface area contributed by atoms with Crippen LogP contribution in [0.15, 0.2) is 11.6 Å². The first-order valence-corrected chi connectivity index (χ1v) is 6.21. The van der Waals surface area contributed by atoms with Gasteiger partial charge >= 0.3 is 0 Å². The van der Waals surface area contributed by atoms with E-state index in [9.17, 15) is 0 Å². The van der Waals surface area contributed by atoms with Crippen molar-refractivity contribution in [3.63, 3.8) is 0 Å². The van der Waals surface area contributed by atoms with Crippen LogP contribution in [-0.2, 0) is 14.2 Å². The van der Waals surface area contributed by atoms with E-state index in [1.165, 1.54) is 5.57 Å². The highest BCUT2D eigenvalue weighted by Crippen LogP contribution is 2.03. The topological polar surface area (TPSA) is 27.7 Å². The molecule has 0 radical (unpaired) electrons. The van der Waals surface area contributed by atoms with Crippen molar-refractivity contribution >= 4 is 0 Å². The minimum absolute atomic E-state index is 0.120. The number of rotatable bonds is 10. The van der Waals surface area contributed by atoms with Crippen LogP contribution < -0.4 is 0 Å². The van der Waals surface area contributed by atoms with Gasteiger partial charge < -0.3 is 14.2 Å². The van der Waals surface area contributed by atoms with Crippen molar-refractivity contribution in [1.82, 2.24) is 0 Å². The first-order chi connectivity index (χ1) is 7.74. The third kappa shape index (κ3) is 8.89. The molecule has 0 aliphatic carbocycles. The predicted molar refractivity (Wildman–Crippen MR) is 66.5 cm³/mol. The quantitative estimate of drug-likeness (QED) is 0.328. The number of hydrogen-bond donors (Lipinski definition) is 0. The summed E-state index contributed by atoms with van der Waals surface area (Å²) < 4.78 is 16.4. The van der Waals surface area contributed by atoms with E-state index < -0.39 is 0 Å². The summed E-state index contributed by atoms with van der Waals surface area (Å²) in [6.45, 7) is 10.9. The summed E-state index contributed by atoms with van der Waals surface area (Å²) in [6, 6.07) is 0. The number of ether oxygens (including phenoxy) is 3. The van der Waals surface area contributed by atoms with Crippen LogP contribution in [0.1, 0.15) is 40.5 Å². The molecule has 0 N–H and O–H groups in total. The van der Waals surface area contributed by atoms with Gasteiger partial charge in [0.2, 0.25) is 0 Å². The summed E-state index contributed by atoms with van der Waals surface area (Å²) in [5.41, 5.74) is 1.28. The Morgan fingerprint density at radius 1 is 1.12 bits per heavy atom. The van der Waals surface area contributed by atoms with Gasteiger partial charge in [0.15, 0.2) is 6.29 Å². The third-order valence-electron chi connectivity index (χ3n) is 2.09. The van der Waals surface area contributed by atoms with Crippen LogP contribution in [0.5, 0.6) is 0 Å². The lowest BCUT2D eigenvalue weighted by molar-refractivity contribution is -0.146. The number of allylic oxidation sites excluding steroid dienone is 1. The summed E-state index contributed by atoms with van der Waals surface area (Å²) in [6.07, 6.45) is 3.92. The van der Waals surface area contributed by atoms with Crippen LogP contribution in [0.2, 0.25) is 0 Å². The van der Waals surface area contributed by atoms with Crippen molar-refractivity contribution in [1.29, 1.82) is 0 Å². The average Bonchev–Trinajstić information content (AvgIpc) is 2.25. The molecule has 0 aliphatic heterocycles. The summed E-state index contributed by atoms with van der Waals surface area (Å²) in [7, 11) is 0. The first-order valence-electron chi connectivity index (χ1n) is 6.21. The van der Waals surface area contributed by atoms with Gasteiger partial charge in [-0.2, -0.15) is 0 Å². The minimum Gasteiger partial charge on any atom is -0.377 e. The molecular formula is C13H26O3. The fourth-order valence-corrected chi connectivity index (χ4v) is 1.41. The third-order valence-corrected chi connectivity index (χ3v) is 2.09. The van der Waals surface area contributed by atoms with Crippen LogP contribution >= 0.6 is 0 Å². The van der Waals surface area contributed by atoms with Crippen LogP contribution in [0.3, 0.4) is 0 Å². The molecule has 0 aromatic rings. The average molecular weight is 230 g/mol. The second-order valence-electron chi connectivity index (χ2n) is 3.64. The van der Waals surface area contributed by atoms with Crippen molar-refractivity contribution in [3.8, 4) is 0 Å². The van der Waals surface area contributed by atoms with Crippen molar-refractivity contribution in [2.45, 2.75) is 46.8 Å². The summed E-state index contributed by atoms with van der Waals surface area (Å²) in [4.78, 5) is 0. The highest BCUT2D eigenvalue weighted by molar-refractivity contribution is 4.97. The van der Waals surface area contributed by atoms with E-state index in [4.69, 9.17) is 14.2 Å². The van der Waals surface area contributed by atoms with E-state index in [2.05, 4.69) is 19.9 Å². The molecule has 0 spiro atoms. The molecule has 0 aromatic carbocycles. The summed E-state index contributed by atoms with van der Waals surface area (Å²) in [5, 5.41) is 0. The molecule has 0 atom stereocenters. The molecule has 0 heterocycles. The zero-order chi connectivity index (χ0) is 12.2. The van der Waals surface area contributed by atoms with Crippen LogP contribution in [-0.4, -0.2) is 32.7 Å². The van der Waals surface area contributed by atoms with Crippen LogP contribution in [0.4, 0.5) is 0 Å². The van der Waals surface area contributed by atoms with Crippen LogP contribution in [0.25, 0.3) is 0 Å². The molecular weight excluding hydrogens is 204 g/mol. The van der Waals surface area contributed by atoms with Crippen LogP contribution in [0, 0.1) is 0 Å². The predicted octanol–water partition coefficient (Wildman–Crippen LogP) is 3.15. The molecule has 0 aromatic heterocycles. The maximum Gasteiger partial charge on any atom is 0.159 e. The van der Waals surface area contributed by atoms with Gasteiger partial charge in [-0.15, -0.1) is 0 Å². The molecule has 3 nitrogen and oxygen atoms in total. The Labute approximate surface area is 99.8 Å². The van der Waals surface area contributed by atoms with Gasteiger partial charge in [-0.1, -0.05) is 18.6 Å². The maximum absolute atomic E-state index is 5.54. The molecule has 0 amide bonds. The molecule has 0 saturated carbocycles. The first kappa shape index (κ1) is 15.6. The Balaban J connectivity index is 3.57. The maximum atomic E-state index is 5.54. The molecule has 0 unspecified atom stereocenters. The van der Waals surface area contributed by atoms with E-state index in [-0.39, 0.29) is 6.29 Å². The largest absolute Gasteiger partial charge is 0.377 e. The molecule has 16 heavy (non-hydrogen) atoms. The minimum atomic E-state index is -0.120. The fourth-order valence-electron chi connectivity index (χ4n) is 1.41. The van der Waals surface area contributed by atoms with Crippen molar-refractivity contribution in [3.05, 3.63) is 11.6 Å². The fraction of sp³-hybridized carbons (Fsp3) is 0.846. The van der Waals surface area contributed by atoms with Gasteiger partial charge in [0, 0.05) is 19.6 Å². The van der Waals surface area contributed by atoms with E-state index in [0.717, 1.165) is 12.8 Å². The van der Waals surface area contributed by atoms with Crippen molar-refractivity contribution < 1.29 is 14.2 Å². The second kappa shape index (κ2) is 11.1. The standard InChI is InChI=1S/C13H26O3/c1-5-8-12(4)11-14-10-9-13(15-6-2)16-7-3/h8,13H,5-7,9-11H2,1-4H3/b12-8+. The Morgan fingerprint density at radius 3 is 2.25 bits per heavy atom. The molecule has 0 fully saturated rings. The van der Waals surface area contributed by atoms with Gasteiger partial charge in [0.1, 0.15) is 0 Å². The van der Waals surface area contributed by atoms with Crippen molar-refractivity contribution in [2.24, 2.45) is 0 Å². The highest BCUT2D eigenvalue weighted by Gasteiger charge is 2.06. The van der Waals surface area contributed by atoms with E-state index in [0.29, 0.717) is 26.4 Å². The van der Waals surface area contributed by atoms with Crippen molar-refractivity contribution in [2.75, 3.05) is 26.4 Å². The lowest BCUT2D eigenvalue weighted by atomic mass is 10.3. The van der Waals surface area contributed by atoms with E-state index in [1.54, 1.807) is 0 Å². The lowest BCUT2D eigenvalue weighted by Gasteiger charge is -2.16. The normalized spacial score (nSPS) is 12.4. The van der Waals surface area contributed by atoms with Gasteiger partial charge in [-0.05, 0) is 27.2 Å². The zero-order valence-corrected chi connectivity index (χ0v) is 11.1. The smallest absolute Gasteiger partial charge is 0.159 e. The van der Waals surface area contributed by atoms with E-state index >= 15 is 0 Å². The second-order valence-corrected chi connectivity index (χ2v) is 3.64. The number of hydrogen-bond acceptors (Lipinski definition) is 3. The zero-order valence-electron chi connectivity index (χ0n) is 11.1. The Hall–Kier alpha value is -0.380. The van der Waals surface area contributed by atoms with Gasteiger partial charge in [-0.25, -0.2) is 0 Å². The molecule has 96 valence electrons. The Morgan fingerprint density at radius 2 is 1.75 bits per heavy atom. The highest BCUT2D eigenvalue weighted by atomic mass is 16.7. The van der Waals surface area contributed by atoms with Gasteiger partial charge in [-0.3, -0.25) is 0 Å². The summed E-state index contributed by atoms with van der Waals surface area (Å²) >= 11 is 0. The lowest BCUT2D eigenvalue weighted by Crippen LogP contribution is -2.19. The van der Waals surface area contributed by atoms with Gasteiger partial charge in [0.25, 0.3) is 0 Å². The molecule has 3 heteroatoms. The Kier molecular flexibility index (Phi) is 10.9. The Bertz CT molecular complexity index is 172. The monoisotopic (exact) mass is 230 g/mol. The molecule has 0 saturated heterocycles. The summed E-state index contributed by atoms with van der Waals surface area (Å²) in [5.74, 6) is 0. The van der Waals surface area contributed by atoms with E-state index in [1.807, 2.05) is 13.8 Å². The molecule has 0 bridgehead atoms. The SMILES string of the molecule is CC/C=C(\C)COCCC(OCC)OCC. The molecule has 0 rings (SSSR count).